The minimum absolute atomic E-state index is 0.523. The molecule has 18 heavy (non-hydrogen) atoms. The van der Waals surface area contributed by atoms with Gasteiger partial charge in [-0.25, -0.2) is 0 Å². The maximum absolute atomic E-state index is 5.83. The van der Waals surface area contributed by atoms with Gasteiger partial charge in [0.2, 0.25) is 0 Å². The normalized spacial score (nSPS) is 11.1. The zero-order valence-corrected chi connectivity index (χ0v) is 12.2. The largest absolute Gasteiger partial charge is 0.493 e. The Morgan fingerprint density at radius 3 is 1.72 bits per heavy atom. The first kappa shape index (κ1) is 14.9. The topological polar surface area (TPSA) is 18.5 Å². The van der Waals surface area contributed by atoms with Gasteiger partial charge in [0.15, 0.2) is 0 Å². The first-order valence-electron chi connectivity index (χ1n) is 6.72. The van der Waals surface area contributed by atoms with Crippen LogP contribution in [0.5, 0.6) is 11.5 Å². The van der Waals surface area contributed by atoms with Gasteiger partial charge in [-0.2, -0.15) is 0 Å². The van der Waals surface area contributed by atoms with E-state index in [1.807, 2.05) is 31.5 Å². The zero-order valence-electron chi connectivity index (χ0n) is 12.2. The van der Waals surface area contributed by atoms with Gasteiger partial charge in [-0.15, -0.1) is 0 Å². The maximum atomic E-state index is 5.83. The molecule has 0 heterocycles. The summed E-state index contributed by atoms with van der Waals surface area (Å²) >= 11 is 0. The zero-order chi connectivity index (χ0) is 13.5. The second-order valence-electron chi connectivity index (χ2n) is 5.37. The molecule has 0 aliphatic heterocycles. The van der Waals surface area contributed by atoms with Gasteiger partial charge in [0.1, 0.15) is 11.5 Å². The SMILES string of the molecule is C[CH]c1c(OCC(C)C)cccc1OCC(C)C. The minimum atomic E-state index is 0.523. The number of rotatable bonds is 7. The lowest BCUT2D eigenvalue weighted by Gasteiger charge is -2.17. The van der Waals surface area contributed by atoms with Crippen LogP contribution in [-0.4, -0.2) is 13.2 Å². The van der Waals surface area contributed by atoms with Crippen molar-refractivity contribution in [3.05, 3.63) is 30.2 Å². The summed E-state index contributed by atoms with van der Waals surface area (Å²) in [4.78, 5) is 0. The molecule has 1 aromatic rings. The summed E-state index contributed by atoms with van der Waals surface area (Å²) in [5.41, 5.74) is 1.05. The molecule has 0 unspecified atom stereocenters. The van der Waals surface area contributed by atoms with E-state index in [1.165, 1.54) is 0 Å². The van der Waals surface area contributed by atoms with Crippen LogP contribution in [-0.2, 0) is 0 Å². The van der Waals surface area contributed by atoms with E-state index < -0.39 is 0 Å². The predicted molar refractivity (Wildman–Crippen MR) is 76.2 cm³/mol. The van der Waals surface area contributed by atoms with Crippen LogP contribution < -0.4 is 9.47 Å². The third-order valence-corrected chi connectivity index (χ3v) is 2.46. The first-order valence-corrected chi connectivity index (χ1v) is 6.72. The maximum Gasteiger partial charge on any atom is 0.126 e. The Bertz CT molecular complexity index is 326. The third-order valence-electron chi connectivity index (χ3n) is 2.46. The van der Waals surface area contributed by atoms with E-state index in [1.54, 1.807) is 0 Å². The standard InChI is InChI=1S/C16H25O2/c1-6-14-15(17-10-12(2)3)8-7-9-16(14)18-11-13(4)5/h6-9,12-13H,10-11H2,1-5H3. The van der Waals surface area contributed by atoms with E-state index in [0.717, 1.165) is 30.3 Å². The molecule has 0 aromatic heterocycles. The Morgan fingerprint density at radius 2 is 1.39 bits per heavy atom. The Kier molecular flexibility index (Phi) is 6.03. The van der Waals surface area contributed by atoms with Crippen molar-refractivity contribution in [3.8, 4) is 11.5 Å². The minimum Gasteiger partial charge on any atom is -0.493 e. The molecule has 1 aromatic carbocycles. The Morgan fingerprint density at radius 1 is 0.944 bits per heavy atom. The Balaban J connectivity index is 2.81. The quantitative estimate of drug-likeness (QED) is 0.716. The van der Waals surface area contributed by atoms with Gasteiger partial charge in [-0.05, 0) is 30.4 Å². The van der Waals surface area contributed by atoms with Crippen molar-refractivity contribution >= 4 is 0 Å². The first-order chi connectivity index (χ1) is 8.54. The second-order valence-corrected chi connectivity index (χ2v) is 5.37. The molecule has 2 heteroatoms. The molecule has 1 radical (unpaired) electrons. The number of ether oxygens (including phenoxy) is 2. The number of benzene rings is 1. The summed E-state index contributed by atoms with van der Waals surface area (Å²) in [6.07, 6.45) is 2.05. The van der Waals surface area contributed by atoms with E-state index in [4.69, 9.17) is 9.47 Å². The summed E-state index contributed by atoms with van der Waals surface area (Å²) in [6, 6.07) is 5.98. The fraction of sp³-hybridized carbons (Fsp3) is 0.562. The monoisotopic (exact) mass is 249 g/mol. The van der Waals surface area contributed by atoms with Gasteiger partial charge in [-0.1, -0.05) is 40.7 Å². The second kappa shape index (κ2) is 7.30. The summed E-state index contributed by atoms with van der Waals surface area (Å²) < 4.78 is 11.7. The van der Waals surface area contributed by atoms with Gasteiger partial charge in [0, 0.05) is 5.56 Å². The molecular formula is C16H25O2. The lowest BCUT2D eigenvalue weighted by atomic mass is 10.1. The van der Waals surface area contributed by atoms with Gasteiger partial charge in [-0.3, -0.25) is 0 Å². The average molecular weight is 249 g/mol. The van der Waals surface area contributed by atoms with E-state index in [-0.39, 0.29) is 0 Å². The van der Waals surface area contributed by atoms with Crippen LogP contribution in [0, 0.1) is 18.3 Å². The molecule has 0 atom stereocenters. The van der Waals surface area contributed by atoms with E-state index in [9.17, 15) is 0 Å². The van der Waals surface area contributed by atoms with Crippen molar-refractivity contribution in [3.63, 3.8) is 0 Å². The Labute approximate surface area is 111 Å². The molecule has 1 rings (SSSR count). The smallest absolute Gasteiger partial charge is 0.126 e. The number of hydrogen-bond donors (Lipinski definition) is 0. The molecule has 0 saturated carbocycles. The van der Waals surface area contributed by atoms with Crippen molar-refractivity contribution in [1.82, 2.24) is 0 Å². The van der Waals surface area contributed by atoms with Crippen LogP contribution in [0.4, 0.5) is 0 Å². The molecule has 0 aliphatic rings. The van der Waals surface area contributed by atoms with Crippen LogP contribution >= 0.6 is 0 Å². The lowest BCUT2D eigenvalue weighted by Crippen LogP contribution is -2.09. The van der Waals surface area contributed by atoms with Crippen LogP contribution in [0.25, 0.3) is 0 Å². The molecule has 0 N–H and O–H groups in total. The summed E-state index contributed by atoms with van der Waals surface area (Å²) in [6.45, 7) is 12.1. The fourth-order valence-corrected chi connectivity index (χ4v) is 1.57. The molecule has 101 valence electrons. The van der Waals surface area contributed by atoms with Gasteiger partial charge in [0.25, 0.3) is 0 Å². The predicted octanol–water partition coefficient (Wildman–Crippen LogP) is 4.33. The Hall–Kier alpha value is -1.18. The van der Waals surface area contributed by atoms with Crippen molar-refractivity contribution in [2.75, 3.05) is 13.2 Å². The number of hydrogen-bond acceptors (Lipinski definition) is 2. The molecule has 0 bridgehead atoms. The molecule has 0 saturated heterocycles. The van der Waals surface area contributed by atoms with Crippen molar-refractivity contribution in [1.29, 1.82) is 0 Å². The highest BCUT2D eigenvalue weighted by Gasteiger charge is 2.10. The van der Waals surface area contributed by atoms with E-state index in [0.29, 0.717) is 11.8 Å². The van der Waals surface area contributed by atoms with E-state index >= 15 is 0 Å². The van der Waals surface area contributed by atoms with Crippen LogP contribution in [0.1, 0.15) is 40.2 Å². The molecule has 0 aliphatic carbocycles. The van der Waals surface area contributed by atoms with Crippen molar-refractivity contribution < 1.29 is 9.47 Å². The molecule has 0 amide bonds. The summed E-state index contributed by atoms with van der Waals surface area (Å²) in [5, 5.41) is 0. The van der Waals surface area contributed by atoms with Crippen molar-refractivity contribution in [2.45, 2.75) is 34.6 Å². The highest BCUT2D eigenvalue weighted by molar-refractivity contribution is 5.48. The van der Waals surface area contributed by atoms with Crippen molar-refractivity contribution in [2.24, 2.45) is 11.8 Å². The van der Waals surface area contributed by atoms with Crippen LogP contribution in [0.2, 0.25) is 0 Å². The average Bonchev–Trinajstić information content (AvgIpc) is 2.33. The molecule has 2 nitrogen and oxygen atoms in total. The van der Waals surface area contributed by atoms with Gasteiger partial charge >= 0.3 is 0 Å². The van der Waals surface area contributed by atoms with Crippen LogP contribution in [0.15, 0.2) is 18.2 Å². The fourth-order valence-electron chi connectivity index (χ4n) is 1.57. The molecule has 0 spiro atoms. The lowest BCUT2D eigenvalue weighted by molar-refractivity contribution is 0.255. The van der Waals surface area contributed by atoms with Crippen LogP contribution in [0.3, 0.4) is 0 Å². The summed E-state index contributed by atoms with van der Waals surface area (Å²) in [7, 11) is 0. The molecular weight excluding hydrogens is 224 g/mol. The van der Waals surface area contributed by atoms with Gasteiger partial charge in [0.05, 0.1) is 13.2 Å². The summed E-state index contributed by atoms with van der Waals surface area (Å²) in [5.74, 6) is 2.87. The van der Waals surface area contributed by atoms with E-state index in [2.05, 4.69) is 27.7 Å². The highest BCUT2D eigenvalue weighted by atomic mass is 16.5. The third kappa shape index (κ3) is 4.59. The molecule has 0 fully saturated rings. The highest BCUT2D eigenvalue weighted by Crippen LogP contribution is 2.30. The van der Waals surface area contributed by atoms with Gasteiger partial charge < -0.3 is 9.47 Å².